The van der Waals surface area contributed by atoms with E-state index in [9.17, 15) is 5.11 Å². The molecule has 0 bridgehead atoms. The van der Waals surface area contributed by atoms with Gasteiger partial charge in [-0.25, -0.2) is 0 Å². The Morgan fingerprint density at radius 2 is 2.05 bits per heavy atom. The summed E-state index contributed by atoms with van der Waals surface area (Å²) in [5.41, 5.74) is 0. The number of aryl methyl sites for hydroxylation is 1. The summed E-state index contributed by atoms with van der Waals surface area (Å²) in [5, 5.41) is 17.5. The van der Waals surface area contributed by atoms with Gasteiger partial charge in [0, 0.05) is 13.1 Å². The molecule has 0 saturated carbocycles. The van der Waals surface area contributed by atoms with Gasteiger partial charge in [0.05, 0.1) is 12.1 Å². The van der Waals surface area contributed by atoms with Crippen molar-refractivity contribution in [2.45, 2.75) is 52.7 Å². The van der Waals surface area contributed by atoms with Crippen LogP contribution in [0.5, 0.6) is 0 Å². The second-order valence-corrected chi connectivity index (χ2v) is 6.95. The number of aliphatic hydroxyl groups excluding tert-OH is 1. The van der Waals surface area contributed by atoms with Crippen LogP contribution in [0.15, 0.2) is 4.52 Å². The molecule has 2 N–H and O–H groups in total. The molecule has 1 aromatic heterocycles. The standard InChI is InChI=1S/C16H30N4O2/c1-11(2)15(16-18-13(4)19-22-16)17-9-14(21)10-20-7-5-12(3)6-8-20/h11-12,14-15,17,21H,5-10H2,1-4H3. The third-order valence-corrected chi connectivity index (χ3v) is 4.39. The fourth-order valence-electron chi connectivity index (χ4n) is 2.92. The van der Waals surface area contributed by atoms with E-state index in [0.717, 1.165) is 25.6 Å². The van der Waals surface area contributed by atoms with Crippen LogP contribution in [0.4, 0.5) is 0 Å². The number of hydrogen-bond donors (Lipinski definition) is 2. The molecule has 0 spiro atoms. The Labute approximate surface area is 133 Å². The Morgan fingerprint density at radius 1 is 1.36 bits per heavy atom. The first-order valence-electron chi connectivity index (χ1n) is 8.39. The SMILES string of the molecule is Cc1noc(C(NCC(O)CN2CCC(C)CC2)C(C)C)n1. The maximum absolute atomic E-state index is 10.3. The van der Waals surface area contributed by atoms with Crippen molar-refractivity contribution in [2.24, 2.45) is 11.8 Å². The van der Waals surface area contributed by atoms with Gasteiger partial charge in [0.1, 0.15) is 0 Å². The van der Waals surface area contributed by atoms with Crippen LogP contribution in [0.1, 0.15) is 51.4 Å². The zero-order valence-electron chi connectivity index (χ0n) is 14.2. The molecule has 1 saturated heterocycles. The summed E-state index contributed by atoms with van der Waals surface area (Å²) in [4.78, 5) is 6.66. The molecule has 0 amide bonds. The summed E-state index contributed by atoms with van der Waals surface area (Å²) in [6, 6.07) is -0.0165. The number of rotatable bonds is 7. The number of nitrogens with one attached hydrogen (secondary N) is 1. The lowest BCUT2D eigenvalue weighted by Gasteiger charge is -2.32. The second-order valence-electron chi connectivity index (χ2n) is 6.95. The van der Waals surface area contributed by atoms with Gasteiger partial charge >= 0.3 is 0 Å². The minimum Gasteiger partial charge on any atom is -0.390 e. The van der Waals surface area contributed by atoms with Crippen molar-refractivity contribution < 1.29 is 9.63 Å². The van der Waals surface area contributed by atoms with E-state index in [0.29, 0.717) is 24.2 Å². The van der Waals surface area contributed by atoms with Crippen molar-refractivity contribution in [2.75, 3.05) is 26.2 Å². The summed E-state index contributed by atoms with van der Waals surface area (Å²) in [6.45, 7) is 11.8. The molecule has 6 nitrogen and oxygen atoms in total. The molecule has 2 atom stereocenters. The monoisotopic (exact) mass is 310 g/mol. The minimum atomic E-state index is -0.376. The topological polar surface area (TPSA) is 74.4 Å². The molecular weight excluding hydrogens is 280 g/mol. The van der Waals surface area contributed by atoms with Gasteiger partial charge in [0.25, 0.3) is 0 Å². The highest BCUT2D eigenvalue weighted by molar-refractivity contribution is 4.93. The van der Waals surface area contributed by atoms with Crippen LogP contribution in [0.3, 0.4) is 0 Å². The summed E-state index contributed by atoms with van der Waals surface area (Å²) < 4.78 is 5.27. The lowest BCUT2D eigenvalue weighted by atomic mass is 9.99. The van der Waals surface area contributed by atoms with E-state index in [-0.39, 0.29) is 12.1 Å². The zero-order chi connectivity index (χ0) is 16.1. The summed E-state index contributed by atoms with van der Waals surface area (Å²) in [7, 11) is 0. The van der Waals surface area contributed by atoms with Crippen molar-refractivity contribution >= 4 is 0 Å². The maximum Gasteiger partial charge on any atom is 0.244 e. The average molecular weight is 310 g/mol. The number of β-amino-alcohol motifs (C(OH)–C–C–N with tert-alkyl or cyclic N) is 1. The number of nitrogens with zero attached hydrogens (tertiary/aromatic N) is 3. The Bertz CT molecular complexity index is 441. The first-order chi connectivity index (χ1) is 10.5. The first-order valence-corrected chi connectivity index (χ1v) is 8.39. The van der Waals surface area contributed by atoms with Crippen LogP contribution in [-0.2, 0) is 0 Å². The molecule has 2 heterocycles. The summed E-state index contributed by atoms with van der Waals surface area (Å²) in [5.74, 6) is 2.39. The van der Waals surface area contributed by atoms with E-state index in [1.807, 2.05) is 6.92 Å². The Kier molecular flexibility index (Phi) is 6.35. The van der Waals surface area contributed by atoms with Gasteiger partial charge < -0.3 is 19.8 Å². The fraction of sp³-hybridized carbons (Fsp3) is 0.875. The number of piperidine rings is 1. The molecular formula is C16H30N4O2. The highest BCUT2D eigenvalue weighted by atomic mass is 16.5. The van der Waals surface area contributed by atoms with Gasteiger partial charge in [-0.15, -0.1) is 0 Å². The molecule has 1 aromatic rings. The number of hydrogen-bond acceptors (Lipinski definition) is 6. The van der Waals surface area contributed by atoms with Gasteiger partial charge in [0.15, 0.2) is 5.82 Å². The zero-order valence-corrected chi connectivity index (χ0v) is 14.2. The van der Waals surface area contributed by atoms with Gasteiger partial charge in [-0.2, -0.15) is 4.98 Å². The van der Waals surface area contributed by atoms with Gasteiger partial charge in [0.2, 0.25) is 5.89 Å². The Morgan fingerprint density at radius 3 is 2.59 bits per heavy atom. The molecule has 1 aliphatic rings. The highest BCUT2D eigenvalue weighted by Crippen LogP contribution is 2.20. The van der Waals surface area contributed by atoms with Crippen molar-refractivity contribution in [3.05, 3.63) is 11.7 Å². The van der Waals surface area contributed by atoms with Crippen molar-refractivity contribution in [1.82, 2.24) is 20.4 Å². The maximum atomic E-state index is 10.3. The molecule has 0 aliphatic carbocycles. The van der Waals surface area contributed by atoms with E-state index in [2.05, 4.69) is 41.1 Å². The molecule has 1 aliphatic heterocycles. The largest absolute Gasteiger partial charge is 0.390 e. The average Bonchev–Trinajstić information content (AvgIpc) is 2.87. The normalized spacial score (nSPS) is 20.5. The van der Waals surface area contributed by atoms with Crippen molar-refractivity contribution in [3.8, 4) is 0 Å². The van der Waals surface area contributed by atoms with Crippen molar-refractivity contribution in [1.29, 1.82) is 0 Å². The molecule has 0 radical (unpaired) electrons. The molecule has 2 unspecified atom stereocenters. The third kappa shape index (κ3) is 5.04. The minimum absolute atomic E-state index is 0.0165. The Hall–Kier alpha value is -0.980. The third-order valence-electron chi connectivity index (χ3n) is 4.39. The molecule has 1 fully saturated rings. The summed E-state index contributed by atoms with van der Waals surface area (Å²) >= 11 is 0. The van der Waals surface area contributed by atoms with Crippen LogP contribution in [0, 0.1) is 18.8 Å². The van der Waals surface area contributed by atoms with Gasteiger partial charge in [-0.1, -0.05) is 25.9 Å². The lowest BCUT2D eigenvalue weighted by molar-refractivity contribution is 0.0860. The molecule has 22 heavy (non-hydrogen) atoms. The molecule has 0 aromatic carbocycles. The molecule has 6 heteroatoms. The molecule has 126 valence electrons. The molecule has 2 rings (SSSR count). The van der Waals surface area contributed by atoms with Crippen molar-refractivity contribution in [3.63, 3.8) is 0 Å². The van der Waals surface area contributed by atoms with Crippen LogP contribution >= 0.6 is 0 Å². The van der Waals surface area contributed by atoms with Gasteiger partial charge in [-0.05, 0) is 44.7 Å². The predicted molar refractivity (Wildman–Crippen MR) is 85.5 cm³/mol. The van der Waals surface area contributed by atoms with Crippen LogP contribution < -0.4 is 5.32 Å². The predicted octanol–water partition coefficient (Wildman–Crippen LogP) is 1.76. The van der Waals surface area contributed by atoms with E-state index in [4.69, 9.17) is 4.52 Å². The van der Waals surface area contributed by atoms with Gasteiger partial charge in [-0.3, -0.25) is 0 Å². The quantitative estimate of drug-likeness (QED) is 0.799. The lowest BCUT2D eigenvalue weighted by Crippen LogP contribution is -2.43. The highest BCUT2D eigenvalue weighted by Gasteiger charge is 2.23. The summed E-state index contributed by atoms with van der Waals surface area (Å²) in [6.07, 6.45) is 2.09. The van der Waals surface area contributed by atoms with Crippen LogP contribution in [0.2, 0.25) is 0 Å². The number of aromatic nitrogens is 2. The smallest absolute Gasteiger partial charge is 0.244 e. The van der Waals surface area contributed by atoms with E-state index >= 15 is 0 Å². The second kappa shape index (κ2) is 8.04. The van der Waals surface area contributed by atoms with E-state index in [1.54, 1.807) is 0 Å². The van der Waals surface area contributed by atoms with E-state index < -0.39 is 0 Å². The number of likely N-dealkylation sites (tertiary alicyclic amines) is 1. The fourth-order valence-corrected chi connectivity index (χ4v) is 2.92. The first kappa shape index (κ1) is 17.4. The van der Waals surface area contributed by atoms with Crippen LogP contribution in [-0.4, -0.2) is 52.4 Å². The Balaban J connectivity index is 1.79. The van der Waals surface area contributed by atoms with E-state index in [1.165, 1.54) is 12.8 Å². The van der Waals surface area contributed by atoms with Crippen LogP contribution in [0.25, 0.3) is 0 Å². The number of aliphatic hydroxyl groups is 1.